The molecule has 2 N–H and O–H groups in total. The molecule has 0 aliphatic heterocycles. The molecule has 0 saturated carbocycles. The van der Waals surface area contributed by atoms with Crippen LogP contribution in [0.25, 0.3) is 11.3 Å². The number of benzene rings is 1. The van der Waals surface area contributed by atoms with E-state index in [4.69, 9.17) is 15.7 Å². The molecule has 96 valence electrons. The van der Waals surface area contributed by atoms with Crippen molar-refractivity contribution in [2.24, 2.45) is 0 Å². The molecule has 0 unspecified atom stereocenters. The van der Waals surface area contributed by atoms with E-state index in [-0.39, 0.29) is 17.4 Å². The zero-order chi connectivity index (χ0) is 14.0. The molecule has 5 nitrogen and oxygen atoms in total. The number of aromatic nitrogens is 2. The molecule has 1 aromatic heterocycles. The van der Waals surface area contributed by atoms with Crippen molar-refractivity contribution in [2.45, 2.75) is 0 Å². The van der Waals surface area contributed by atoms with Crippen LogP contribution in [0.1, 0.15) is 5.56 Å². The van der Waals surface area contributed by atoms with E-state index in [2.05, 4.69) is 25.9 Å². The molecule has 0 fully saturated rings. The third-order valence-electron chi connectivity index (χ3n) is 2.40. The Morgan fingerprint density at radius 3 is 2.74 bits per heavy atom. The second kappa shape index (κ2) is 5.20. The molecule has 2 rings (SSSR count). The van der Waals surface area contributed by atoms with E-state index in [1.165, 1.54) is 19.2 Å². The number of rotatable bonds is 2. The largest absolute Gasteiger partial charge is 0.467 e. The fraction of sp³-hybridized carbons (Fsp3) is 0.0833. The molecule has 7 heteroatoms. The van der Waals surface area contributed by atoms with Gasteiger partial charge in [0.05, 0.1) is 22.8 Å². The third-order valence-corrected chi connectivity index (χ3v) is 3.18. The summed E-state index contributed by atoms with van der Waals surface area (Å²) in [7, 11) is 1.41. The van der Waals surface area contributed by atoms with Gasteiger partial charge in [-0.3, -0.25) is 0 Å². The molecule has 0 aliphatic rings. The normalized spacial score (nSPS) is 10.0. The Morgan fingerprint density at radius 1 is 1.42 bits per heavy atom. The van der Waals surface area contributed by atoms with Gasteiger partial charge in [0, 0.05) is 5.56 Å². The molecular formula is C12H8BrFN4O. The quantitative estimate of drug-likeness (QED) is 0.918. The van der Waals surface area contributed by atoms with Crippen molar-refractivity contribution in [3.05, 3.63) is 34.1 Å². The monoisotopic (exact) mass is 322 g/mol. The van der Waals surface area contributed by atoms with E-state index >= 15 is 0 Å². The molecule has 19 heavy (non-hydrogen) atoms. The number of hydrogen-bond acceptors (Lipinski definition) is 5. The Hall–Kier alpha value is -2.20. The second-order valence-corrected chi connectivity index (χ2v) is 4.36. The maximum Gasteiger partial charge on any atom is 0.318 e. The summed E-state index contributed by atoms with van der Waals surface area (Å²) in [5, 5.41) is 8.70. The van der Waals surface area contributed by atoms with Gasteiger partial charge in [0.25, 0.3) is 0 Å². The Labute approximate surface area is 117 Å². The number of halogens is 2. The molecule has 0 amide bonds. The lowest BCUT2D eigenvalue weighted by atomic mass is 10.1. The van der Waals surface area contributed by atoms with E-state index in [0.717, 1.165) is 0 Å². The molecule has 2 aromatic rings. The number of anilines is 1. The van der Waals surface area contributed by atoms with Crippen molar-refractivity contribution in [1.82, 2.24) is 9.97 Å². The number of nitrogen functional groups attached to an aromatic ring is 1. The first-order chi connectivity index (χ1) is 9.06. The highest BCUT2D eigenvalue weighted by atomic mass is 79.9. The van der Waals surface area contributed by atoms with Gasteiger partial charge in [-0.25, -0.2) is 4.39 Å². The van der Waals surface area contributed by atoms with Gasteiger partial charge in [-0.2, -0.15) is 15.2 Å². The van der Waals surface area contributed by atoms with Crippen molar-refractivity contribution >= 4 is 21.7 Å². The van der Waals surface area contributed by atoms with Crippen LogP contribution in [0.4, 0.5) is 10.2 Å². The Morgan fingerprint density at radius 2 is 2.16 bits per heavy atom. The molecular weight excluding hydrogens is 315 g/mol. The van der Waals surface area contributed by atoms with E-state index in [0.29, 0.717) is 15.7 Å². The SMILES string of the molecule is COc1nc(N)c(Br)c(-c2ccc(C#N)c(F)c2)n1. The maximum absolute atomic E-state index is 13.6. The first-order valence-electron chi connectivity index (χ1n) is 5.14. The zero-order valence-corrected chi connectivity index (χ0v) is 11.4. The van der Waals surface area contributed by atoms with Crippen LogP contribution >= 0.6 is 15.9 Å². The van der Waals surface area contributed by atoms with Gasteiger partial charge in [-0.05, 0) is 28.1 Å². The van der Waals surface area contributed by atoms with Crippen molar-refractivity contribution < 1.29 is 9.13 Å². The Balaban J connectivity index is 2.62. The van der Waals surface area contributed by atoms with Crippen molar-refractivity contribution in [1.29, 1.82) is 5.26 Å². The van der Waals surface area contributed by atoms with E-state index in [1.54, 1.807) is 12.1 Å². The summed E-state index contributed by atoms with van der Waals surface area (Å²) in [6.07, 6.45) is 0. The molecule has 0 aliphatic carbocycles. The number of ether oxygens (including phenoxy) is 1. The minimum atomic E-state index is -0.622. The number of nitrogens with zero attached hydrogens (tertiary/aromatic N) is 3. The molecule has 1 aromatic carbocycles. The van der Waals surface area contributed by atoms with Crippen LogP contribution in [-0.2, 0) is 0 Å². The zero-order valence-electron chi connectivity index (χ0n) is 9.82. The summed E-state index contributed by atoms with van der Waals surface area (Å²) in [6, 6.07) is 6.00. The van der Waals surface area contributed by atoms with E-state index in [9.17, 15) is 4.39 Å². The topological polar surface area (TPSA) is 84.8 Å². The number of nitriles is 1. The first kappa shape index (κ1) is 13.2. The highest BCUT2D eigenvalue weighted by Gasteiger charge is 2.14. The van der Waals surface area contributed by atoms with Crippen LogP contribution in [0.2, 0.25) is 0 Å². The van der Waals surface area contributed by atoms with Crippen LogP contribution in [0.15, 0.2) is 22.7 Å². The van der Waals surface area contributed by atoms with E-state index in [1.807, 2.05) is 0 Å². The predicted molar refractivity (Wildman–Crippen MR) is 70.8 cm³/mol. The van der Waals surface area contributed by atoms with Crippen LogP contribution in [0.3, 0.4) is 0 Å². The molecule has 0 saturated heterocycles. The Kier molecular flexibility index (Phi) is 3.62. The van der Waals surface area contributed by atoms with Gasteiger partial charge in [0.1, 0.15) is 17.7 Å². The number of hydrogen-bond donors (Lipinski definition) is 1. The average Bonchev–Trinajstić information content (AvgIpc) is 2.41. The summed E-state index contributed by atoms with van der Waals surface area (Å²) >= 11 is 3.25. The molecule has 0 atom stereocenters. The summed E-state index contributed by atoms with van der Waals surface area (Å²) in [6.45, 7) is 0. The minimum absolute atomic E-state index is 0.0335. The summed E-state index contributed by atoms with van der Waals surface area (Å²) < 4.78 is 19.0. The lowest BCUT2D eigenvalue weighted by Gasteiger charge is -2.08. The standard InChI is InChI=1S/C12H8BrFN4O/c1-19-12-17-10(9(13)11(16)18-12)6-2-3-7(5-15)8(14)4-6/h2-4H,1H3,(H2,16,17,18). The van der Waals surface area contributed by atoms with Crippen molar-refractivity contribution in [2.75, 3.05) is 12.8 Å². The van der Waals surface area contributed by atoms with Gasteiger partial charge in [0.15, 0.2) is 0 Å². The smallest absolute Gasteiger partial charge is 0.318 e. The van der Waals surface area contributed by atoms with Gasteiger partial charge in [0.2, 0.25) is 0 Å². The predicted octanol–water partition coefficient (Wildman–Crippen LogP) is 2.51. The summed E-state index contributed by atoms with van der Waals surface area (Å²) in [5.41, 5.74) is 6.54. The molecule has 0 spiro atoms. The summed E-state index contributed by atoms with van der Waals surface area (Å²) in [5.74, 6) is -0.435. The van der Waals surface area contributed by atoms with Crippen LogP contribution in [0, 0.1) is 17.1 Å². The molecule has 1 heterocycles. The average molecular weight is 323 g/mol. The Bertz CT molecular complexity index is 684. The number of methoxy groups -OCH3 is 1. The van der Waals surface area contributed by atoms with E-state index < -0.39 is 5.82 Å². The first-order valence-corrected chi connectivity index (χ1v) is 5.93. The van der Waals surface area contributed by atoms with Crippen LogP contribution in [-0.4, -0.2) is 17.1 Å². The molecule has 0 bridgehead atoms. The van der Waals surface area contributed by atoms with Gasteiger partial charge >= 0.3 is 6.01 Å². The van der Waals surface area contributed by atoms with Gasteiger partial charge in [-0.15, -0.1) is 0 Å². The van der Waals surface area contributed by atoms with Gasteiger partial charge in [-0.1, -0.05) is 6.07 Å². The molecule has 0 radical (unpaired) electrons. The van der Waals surface area contributed by atoms with Crippen molar-refractivity contribution in [3.63, 3.8) is 0 Å². The fourth-order valence-corrected chi connectivity index (χ4v) is 1.89. The lowest BCUT2D eigenvalue weighted by Crippen LogP contribution is -2.01. The highest BCUT2D eigenvalue weighted by Crippen LogP contribution is 2.32. The maximum atomic E-state index is 13.6. The van der Waals surface area contributed by atoms with Gasteiger partial charge < -0.3 is 10.5 Å². The minimum Gasteiger partial charge on any atom is -0.467 e. The van der Waals surface area contributed by atoms with Crippen molar-refractivity contribution in [3.8, 4) is 23.3 Å². The fourth-order valence-electron chi connectivity index (χ4n) is 1.48. The van der Waals surface area contributed by atoms with Crippen LogP contribution < -0.4 is 10.5 Å². The highest BCUT2D eigenvalue weighted by molar-refractivity contribution is 9.10. The summed E-state index contributed by atoms with van der Waals surface area (Å²) in [4.78, 5) is 7.99. The number of nitrogens with two attached hydrogens (primary N) is 1. The lowest BCUT2D eigenvalue weighted by molar-refractivity contribution is 0.381. The van der Waals surface area contributed by atoms with Crippen LogP contribution in [0.5, 0.6) is 6.01 Å². The third kappa shape index (κ3) is 2.48. The second-order valence-electron chi connectivity index (χ2n) is 3.56.